The fourth-order valence-corrected chi connectivity index (χ4v) is 3.85. The molecule has 2 aromatic rings. The minimum Gasteiger partial charge on any atom is -0.467 e. The lowest BCUT2D eigenvalue weighted by atomic mass is 9.92. The fourth-order valence-electron chi connectivity index (χ4n) is 3.85. The Morgan fingerprint density at radius 3 is 2.67 bits per heavy atom. The molecule has 0 amide bonds. The number of rotatable bonds is 10. The first-order valence-electron chi connectivity index (χ1n) is 10.5. The van der Waals surface area contributed by atoms with Gasteiger partial charge in [-0.3, -0.25) is 9.69 Å². The molecule has 0 spiro atoms. The fraction of sp³-hybridized carbons (Fsp3) is 0.591. The topological polar surface area (TPSA) is 82.9 Å². The lowest BCUT2D eigenvalue weighted by molar-refractivity contribution is -0.152. The average Bonchev–Trinajstić information content (AvgIpc) is 3.15. The number of nitrogens with zero attached hydrogens (tertiary/aromatic N) is 3. The molecule has 1 aliphatic rings. The van der Waals surface area contributed by atoms with Gasteiger partial charge in [-0.1, -0.05) is 12.1 Å². The second-order valence-electron chi connectivity index (χ2n) is 7.43. The van der Waals surface area contributed by atoms with Crippen LogP contribution in [0.15, 0.2) is 24.3 Å². The Morgan fingerprint density at radius 1 is 1.23 bits per heavy atom. The molecule has 1 saturated heterocycles. The third-order valence-corrected chi connectivity index (χ3v) is 5.62. The van der Waals surface area contributed by atoms with Crippen LogP contribution in [0.4, 0.5) is 0 Å². The van der Waals surface area contributed by atoms with Crippen LogP contribution in [0.25, 0.3) is 11.0 Å². The molecule has 30 heavy (non-hydrogen) atoms. The van der Waals surface area contributed by atoms with E-state index < -0.39 is 5.97 Å². The molecule has 1 unspecified atom stereocenters. The zero-order chi connectivity index (χ0) is 21.5. The van der Waals surface area contributed by atoms with Crippen molar-refractivity contribution >= 4 is 22.8 Å². The Kier molecular flexibility index (Phi) is 7.95. The van der Waals surface area contributed by atoms with Crippen LogP contribution in [0, 0.1) is 5.92 Å². The molecule has 1 aromatic carbocycles. The smallest absolute Gasteiger partial charge is 0.331 e. The van der Waals surface area contributed by atoms with Crippen LogP contribution in [0.5, 0.6) is 0 Å². The number of imidazole rings is 1. The molecule has 0 saturated carbocycles. The minimum atomic E-state index is -0.391. The molecular formula is C22H31N3O5. The van der Waals surface area contributed by atoms with E-state index in [1.165, 1.54) is 7.11 Å². The lowest BCUT2D eigenvalue weighted by Crippen LogP contribution is -2.43. The monoisotopic (exact) mass is 417 g/mol. The van der Waals surface area contributed by atoms with Gasteiger partial charge in [0.25, 0.3) is 0 Å². The molecule has 8 nitrogen and oxygen atoms in total. The maximum absolute atomic E-state index is 13.3. The molecule has 0 bridgehead atoms. The van der Waals surface area contributed by atoms with E-state index in [0.717, 1.165) is 37.0 Å². The minimum absolute atomic E-state index is 0.0691. The van der Waals surface area contributed by atoms with Crippen LogP contribution in [-0.2, 0) is 25.5 Å². The first-order valence-corrected chi connectivity index (χ1v) is 10.5. The quantitative estimate of drug-likeness (QED) is 0.334. The van der Waals surface area contributed by atoms with Gasteiger partial charge in [-0.15, -0.1) is 0 Å². The number of ketones is 1. The highest BCUT2D eigenvalue weighted by Gasteiger charge is 2.31. The molecule has 3 rings (SSSR count). The molecule has 2 heterocycles. The van der Waals surface area contributed by atoms with Gasteiger partial charge in [0, 0.05) is 32.2 Å². The van der Waals surface area contributed by atoms with E-state index >= 15 is 0 Å². The number of carbonyl (C=O) groups is 2. The van der Waals surface area contributed by atoms with Crippen molar-refractivity contribution in [3.8, 4) is 0 Å². The molecule has 164 valence electrons. The number of likely N-dealkylation sites (tertiary alicyclic amines) is 1. The average molecular weight is 418 g/mol. The number of fused-ring (bicyclic) bond motifs is 1. The normalized spacial score (nSPS) is 16.6. The molecule has 1 aliphatic heterocycles. The molecule has 8 heteroatoms. The zero-order valence-electron chi connectivity index (χ0n) is 18.0. The van der Waals surface area contributed by atoms with Gasteiger partial charge in [0.15, 0.2) is 5.82 Å². The summed E-state index contributed by atoms with van der Waals surface area (Å²) in [5, 5.41) is 0. The van der Waals surface area contributed by atoms with Crippen molar-refractivity contribution in [1.82, 2.24) is 14.5 Å². The molecule has 1 aromatic heterocycles. The van der Waals surface area contributed by atoms with Crippen LogP contribution in [-0.4, -0.2) is 72.5 Å². The van der Waals surface area contributed by atoms with Crippen molar-refractivity contribution in [3.63, 3.8) is 0 Å². The van der Waals surface area contributed by atoms with Gasteiger partial charge in [0.2, 0.25) is 5.78 Å². The summed E-state index contributed by atoms with van der Waals surface area (Å²) in [4.78, 5) is 31.4. The van der Waals surface area contributed by atoms with Crippen molar-refractivity contribution in [2.75, 3.05) is 40.0 Å². The molecular weight excluding hydrogens is 386 g/mol. The van der Waals surface area contributed by atoms with Crippen LogP contribution in [0.2, 0.25) is 0 Å². The number of hydrogen-bond donors (Lipinski definition) is 0. The Morgan fingerprint density at radius 2 is 1.97 bits per heavy atom. The highest BCUT2D eigenvalue weighted by molar-refractivity contribution is 5.98. The van der Waals surface area contributed by atoms with Gasteiger partial charge in [0.05, 0.1) is 24.8 Å². The van der Waals surface area contributed by atoms with E-state index in [1.54, 1.807) is 0 Å². The molecule has 0 aliphatic carbocycles. The first-order chi connectivity index (χ1) is 14.5. The lowest BCUT2D eigenvalue weighted by Gasteiger charge is -2.34. The first kappa shape index (κ1) is 22.4. The summed E-state index contributed by atoms with van der Waals surface area (Å²) in [7, 11) is 1.34. The van der Waals surface area contributed by atoms with Gasteiger partial charge in [0.1, 0.15) is 12.8 Å². The van der Waals surface area contributed by atoms with Crippen LogP contribution < -0.4 is 0 Å². The Hall–Kier alpha value is -2.29. The SMILES string of the molecule is CCOCCn1c(C(=O)C2CCN(C(C)OCC(=O)OC)CC2)nc2ccccc21. The van der Waals surface area contributed by atoms with Gasteiger partial charge in [-0.25, -0.2) is 9.78 Å². The number of ether oxygens (including phenoxy) is 3. The van der Waals surface area contributed by atoms with Crippen molar-refractivity contribution in [1.29, 1.82) is 0 Å². The third-order valence-electron chi connectivity index (χ3n) is 5.62. The highest BCUT2D eigenvalue weighted by Crippen LogP contribution is 2.25. The maximum atomic E-state index is 13.3. The number of benzene rings is 1. The molecule has 0 radical (unpaired) electrons. The van der Waals surface area contributed by atoms with Crippen LogP contribution >= 0.6 is 0 Å². The number of esters is 1. The number of methoxy groups -OCH3 is 1. The molecule has 1 fully saturated rings. The zero-order valence-corrected chi connectivity index (χ0v) is 18.0. The van der Waals surface area contributed by atoms with E-state index in [0.29, 0.717) is 25.6 Å². The third kappa shape index (κ3) is 5.24. The van der Waals surface area contributed by atoms with E-state index in [1.807, 2.05) is 42.7 Å². The van der Waals surface area contributed by atoms with E-state index in [2.05, 4.69) is 14.6 Å². The standard InChI is InChI=1S/C22H31N3O5/c1-4-29-14-13-25-19-8-6-5-7-18(19)23-22(25)21(27)17-9-11-24(12-10-17)16(2)30-15-20(26)28-3/h5-8,16-17H,4,9-15H2,1-3H3. The van der Waals surface area contributed by atoms with Crippen LogP contribution in [0.1, 0.15) is 37.3 Å². The second-order valence-corrected chi connectivity index (χ2v) is 7.43. The van der Waals surface area contributed by atoms with Gasteiger partial charge < -0.3 is 18.8 Å². The van der Waals surface area contributed by atoms with E-state index in [4.69, 9.17) is 9.47 Å². The number of hydrogen-bond acceptors (Lipinski definition) is 7. The number of Topliss-reactive ketones (excluding diaryl/α,β-unsaturated/α-hetero) is 1. The summed E-state index contributed by atoms with van der Waals surface area (Å²) < 4.78 is 17.7. The highest BCUT2D eigenvalue weighted by atomic mass is 16.6. The van der Waals surface area contributed by atoms with Crippen molar-refractivity contribution in [3.05, 3.63) is 30.1 Å². The summed E-state index contributed by atoms with van der Waals surface area (Å²) in [6, 6.07) is 7.83. The Bertz CT molecular complexity index is 858. The van der Waals surface area contributed by atoms with Gasteiger partial charge >= 0.3 is 5.97 Å². The number of para-hydroxylation sites is 2. The van der Waals surface area contributed by atoms with Crippen molar-refractivity contribution in [2.24, 2.45) is 5.92 Å². The number of piperidine rings is 1. The summed E-state index contributed by atoms with van der Waals surface area (Å²) in [6.45, 7) is 7.07. The number of aromatic nitrogens is 2. The predicted molar refractivity (Wildman–Crippen MR) is 112 cm³/mol. The van der Waals surface area contributed by atoms with Gasteiger partial charge in [-0.05, 0) is 38.8 Å². The number of carbonyl (C=O) groups excluding carboxylic acids is 2. The predicted octanol–water partition coefficient (Wildman–Crippen LogP) is 2.50. The van der Waals surface area contributed by atoms with Crippen molar-refractivity contribution in [2.45, 2.75) is 39.5 Å². The van der Waals surface area contributed by atoms with Crippen LogP contribution in [0.3, 0.4) is 0 Å². The van der Waals surface area contributed by atoms with Crippen molar-refractivity contribution < 1.29 is 23.8 Å². The van der Waals surface area contributed by atoms with E-state index in [-0.39, 0.29) is 24.5 Å². The summed E-state index contributed by atoms with van der Waals surface area (Å²) in [5.74, 6) is 0.143. The molecule has 0 N–H and O–H groups in total. The second kappa shape index (κ2) is 10.7. The van der Waals surface area contributed by atoms with E-state index in [9.17, 15) is 9.59 Å². The molecule has 1 atom stereocenters. The summed E-state index contributed by atoms with van der Waals surface area (Å²) >= 11 is 0. The Balaban J connectivity index is 1.65. The van der Waals surface area contributed by atoms with Gasteiger partial charge in [-0.2, -0.15) is 0 Å². The largest absolute Gasteiger partial charge is 0.467 e. The maximum Gasteiger partial charge on any atom is 0.331 e. The summed E-state index contributed by atoms with van der Waals surface area (Å²) in [5.41, 5.74) is 1.79. The summed E-state index contributed by atoms with van der Waals surface area (Å²) in [6.07, 6.45) is 1.27. The Labute approximate surface area is 177 Å².